The fourth-order valence-corrected chi connectivity index (χ4v) is 1.83. The first kappa shape index (κ1) is 10.2. The Hall–Kier alpha value is -2.94. The highest BCUT2D eigenvalue weighted by molar-refractivity contribution is 5.97. The highest BCUT2D eigenvalue weighted by Gasteiger charge is 2.08. The summed E-state index contributed by atoms with van der Waals surface area (Å²) in [4.78, 5) is 7.96. The molecule has 0 saturated heterocycles. The molecular formula is C12H8N6. The Bertz CT molecular complexity index is 768. The molecule has 6 nitrogen and oxygen atoms in total. The zero-order valence-electron chi connectivity index (χ0n) is 9.28. The van der Waals surface area contributed by atoms with Crippen molar-refractivity contribution in [2.75, 3.05) is 5.73 Å². The van der Waals surface area contributed by atoms with Gasteiger partial charge in [0.1, 0.15) is 12.4 Å². The van der Waals surface area contributed by atoms with Crippen LogP contribution in [-0.4, -0.2) is 19.7 Å². The molecule has 6 heteroatoms. The van der Waals surface area contributed by atoms with Crippen LogP contribution in [0.25, 0.3) is 16.5 Å². The highest BCUT2D eigenvalue weighted by Crippen LogP contribution is 2.25. The molecule has 0 aliphatic carbocycles. The largest absolute Gasteiger partial charge is 0.398 e. The molecule has 0 aliphatic rings. The van der Waals surface area contributed by atoms with Crippen LogP contribution >= 0.6 is 0 Å². The topological polar surface area (TPSA) is 93.4 Å². The van der Waals surface area contributed by atoms with Crippen LogP contribution in [0.3, 0.4) is 0 Å². The van der Waals surface area contributed by atoms with E-state index in [1.165, 1.54) is 6.33 Å². The Morgan fingerprint density at radius 2 is 2.11 bits per heavy atom. The first-order valence-corrected chi connectivity index (χ1v) is 5.24. The lowest BCUT2D eigenvalue weighted by molar-refractivity contribution is 0.879. The average Bonchev–Trinajstić information content (AvgIpc) is 2.88. The van der Waals surface area contributed by atoms with Crippen molar-refractivity contribution in [2.24, 2.45) is 0 Å². The van der Waals surface area contributed by atoms with Crippen molar-refractivity contribution in [3.8, 4) is 11.8 Å². The second-order valence-corrected chi connectivity index (χ2v) is 3.72. The molecule has 3 rings (SSSR count). The molecule has 0 atom stereocenters. The van der Waals surface area contributed by atoms with Gasteiger partial charge in [-0.2, -0.15) is 5.26 Å². The van der Waals surface area contributed by atoms with Crippen LogP contribution in [0.15, 0.2) is 36.9 Å². The third kappa shape index (κ3) is 1.46. The minimum absolute atomic E-state index is 0.129. The van der Waals surface area contributed by atoms with Gasteiger partial charge < -0.3 is 5.73 Å². The van der Waals surface area contributed by atoms with Crippen LogP contribution in [-0.2, 0) is 0 Å². The van der Waals surface area contributed by atoms with Crippen molar-refractivity contribution in [1.29, 1.82) is 5.26 Å². The standard InChI is InChI=1S/C12H8N6/c13-5-12-16-7-18(17-12)11-2-1-10(14)8-3-4-15-6-9(8)11/h1-4,6-7H,14H2. The molecule has 1 aromatic carbocycles. The van der Waals surface area contributed by atoms with Crippen LogP contribution in [0.1, 0.15) is 5.82 Å². The fraction of sp³-hybridized carbons (Fsp3) is 0. The Kier molecular flexibility index (Phi) is 2.17. The van der Waals surface area contributed by atoms with E-state index in [-0.39, 0.29) is 5.82 Å². The summed E-state index contributed by atoms with van der Waals surface area (Å²) >= 11 is 0. The lowest BCUT2D eigenvalue weighted by Crippen LogP contribution is -1.98. The smallest absolute Gasteiger partial charge is 0.252 e. The van der Waals surface area contributed by atoms with E-state index in [0.717, 1.165) is 16.5 Å². The van der Waals surface area contributed by atoms with Gasteiger partial charge in [0.05, 0.1) is 5.69 Å². The van der Waals surface area contributed by atoms with Crippen molar-refractivity contribution < 1.29 is 0 Å². The molecule has 0 aliphatic heterocycles. The van der Waals surface area contributed by atoms with E-state index in [1.54, 1.807) is 23.1 Å². The van der Waals surface area contributed by atoms with Crippen molar-refractivity contribution in [1.82, 2.24) is 19.7 Å². The Labute approximate surface area is 102 Å². The summed E-state index contributed by atoms with van der Waals surface area (Å²) in [5.74, 6) is 0.129. The van der Waals surface area contributed by atoms with Crippen molar-refractivity contribution in [3.63, 3.8) is 0 Å². The summed E-state index contributed by atoms with van der Waals surface area (Å²) < 4.78 is 1.54. The molecule has 3 aromatic rings. The predicted molar refractivity (Wildman–Crippen MR) is 65.8 cm³/mol. The maximum atomic E-state index is 8.73. The molecule has 0 amide bonds. The van der Waals surface area contributed by atoms with Crippen molar-refractivity contribution in [2.45, 2.75) is 0 Å². The van der Waals surface area contributed by atoms with E-state index in [9.17, 15) is 0 Å². The summed E-state index contributed by atoms with van der Waals surface area (Å²) in [5.41, 5.74) is 7.38. The number of hydrogen-bond acceptors (Lipinski definition) is 5. The maximum Gasteiger partial charge on any atom is 0.252 e. The van der Waals surface area contributed by atoms with Crippen LogP contribution in [0.2, 0.25) is 0 Å². The number of pyridine rings is 1. The van der Waals surface area contributed by atoms with E-state index < -0.39 is 0 Å². The molecule has 2 aromatic heterocycles. The second-order valence-electron chi connectivity index (χ2n) is 3.72. The van der Waals surface area contributed by atoms with Gasteiger partial charge in [-0.05, 0) is 18.2 Å². The van der Waals surface area contributed by atoms with Gasteiger partial charge in [-0.25, -0.2) is 9.67 Å². The van der Waals surface area contributed by atoms with E-state index in [2.05, 4.69) is 15.1 Å². The van der Waals surface area contributed by atoms with E-state index in [1.807, 2.05) is 18.2 Å². The van der Waals surface area contributed by atoms with Crippen molar-refractivity contribution in [3.05, 3.63) is 42.7 Å². The number of nitrogens with two attached hydrogens (primary N) is 1. The van der Waals surface area contributed by atoms with Gasteiger partial charge in [0.15, 0.2) is 0 Å². The molecule has 0 bridgehead atoms. The van der Waals surface area contributed by atoms with Gasteiger partial charge >= 0.3 is 0 Å². The van der Waals surface area contributed by atoms with Crippen LogP contribution in [0, 0.1) is 11.3 Å². The zero-order valence-corrected chi connectivity index (χ0v) is 9.28. The number of nitriles is 1. The van der Waals surface area contributed by atoms with E-state index >= 15 is 0 Å². The van der Waals surface area contributed by atoms with Gasteiger partial charge in [0, 0.05) is 28.9 Å². The molecule has 0 spiro atoms. The number of nitrogen functional groups attached to an aromatic ring is 1. The molecule has 0 saturated carbocycles. The lowest BCUT2D eigenvalue weighted by atomic mass is 10.1. The van der Waals surface area contributed by atoms with Crippen LogP contribution in [0.5, 0.6) is 0 Å². The summed E-state index contributed by atoms with van der Waals surface area (Å²) in [6.45, 7) is 0. The molecule has 2 heterocycles. The summed E-state index contributed by atoms with van der Waals surface area (Å²) in [5, 5.41) is 14.6. The average molecular weight is 236 g/mol. The summed E-state index contributed by atoms with van der Waals surface area (Å²) in [6.07, 6.45) is 4.90. The Morgan fingerprint density at radius 3 is 2.89 bits per heavy atom. The fourth-order valence-electron chi connectivity index (χ4n) is 1.83. The van der Waals surface area contributed by atoms with Crippen molar-refractivity contribution >= 4 is 16.5 Å². The van der Waals surface area contributed by atoms with Gasteiger partial charge in [-0.3, -0.25) is 4.98 Å². The Balaban J connectivity index is 2.30. The second kappa shape index (κ2) is 3.82. The number of benzene rings is 1. The number of aromatic nitrogens is 4. The first-order valence-electron chi connectivity index (χ1n) is 5.24. The maximum absolute atomic E-state index is 8.73. The van der Waals surface area contributed by atoms with Crippen LogP contribution in [0.4, 0.5) is 5.69 Å². The zero-order chi connectivity index (χ0) is 12.5. The van der Waals surface area contributed by atoms with Gasteiger partial charge in [0.25, 0.3) is 5.82 Å². The molecular weight excluding hydrogens is 228 g/mol. The van der Waals surface area contributed by atoms with E-state index in [0.29, 0.717) is 5.69 Å². The minimum Gasteiger partial charge on any atom is -0.398 e. The lowest BCUT2D eigenvalue weighted by Gasteiger charge is -2.07. The third-order valence-electron chi connectivity index (χ3n) is 2.67. The first-order chi connectivity index (χ1) is 8.79. The van der Waals surface area contributed by atoms with Crippen LogP contribution < -0.4 is 5.73 Å². The van der Waals surface area contributed by atoms with Gasteiger partial charge in [-0.15, -0.1) is 5.10 Å². The van der Waals surface area contributed by atoms with Gasteiger partial charge in [-0.1, -0.05) is 0 Å². The van der Waals surface area contributed by atoms with Gasteiger partial charge in [0.2, 0.25) is 0 Å². The summed E-state index contributed by atoms with van der Waals surface area (Å²) in [7, 11) is 0. The molecule has 0 fully saturated rings. The molecule has 86 valence electrons. The number of fused-ring (bicyclic) bond motifs is 1. The summed E-state index contributed by atoms with van der Waals surface area (Å²) in [6, 6.07) is 7.36. The molecule has 2 N–H and O–H groups in total. The molecule has 18 heavy (non-hydrogen) atoms. The third-order valence-corrected chi connectivity index (χ3v) is 2.67. The highest BCUT2D eigenvalue weighted by atomic mass is 15.3. The van der Waals surface area contributed by atoms with E-state index in [4.69, 9.17) is 11.0 Å². The normalized spacial score (nSPS) is 10.4. The quantitative estimate of drug-likeness (QED) is 0.642. The number of hydrogen-bond donors (Lipinski definition) is 1. The molecule has 0 radical (unpaired) electrons. The monoisotopic (exact) mass is 236 g/mol. The number of anilines is 1. The SMILES string of the molecule is N#Cc1ncn(-c2ccc(N)c3ccncc23)n1. The Morgan fingerprint density at radius 1 is 1.22 bits per heavy atom. The minimum atomic E-state index is 0.129. The predicted octanol–water partition coefficient (Wildman–Crippen LogP) is 1.27. The molecule has 0 unspecified atom stereocenters. The number of rotatable bonds is 1. The number of nitrogens with zero attached hydrogens (tertiary/aromatic N) is 5.